The Labute approximate surface area is 130 Å². The molecule has 1 aromatic rings. The average Bonchev–Trinajstić information content (AvgIpc) is 3.09. The van der Waals surface area contributed by atoms with E-state index in [0.29, 0.717) is 25.9 Å². The fraction of sp³-hybridized carbons (Fsp3) is 0.750. The summed E-state index contributed by atoms with van der Waals surface area (Å²) in [6.07, 6.45) is 3.24. The third-order valence-electron chi connectivity index (χ3n) is 5.16. The third-order valence-corrected chi connectivity index (χ3v) is 5.16. The predicted molar refractivity (Wildman–Crippen MR) is 81.5 cm³/mol. The molecule has 0 unspecified atom stereocenters. The van der Waals surface area contributed by atoms with Gasteiger partial charge >= 0.3 is 0 Å². The summed E-state index contributed by atoms with van der Waals surface area (Å²) in [4.78, 5) is 14.2. The van der Waals surface area contributed by atoms with Crippen LogP contribution in [0.4, 0.5) is 0 Å². The quantitative estimate of drug-likeness (QED) is 0.876. The van der Waals surface area contributed by atoms with Gasteiger partial charge in [0.25, 0.3) is 0 Å². The Balaban J connectivity index is 1.55. The minimum atomic E-state index is -0.565. The van der Waals surface area contributed by atoms with Crippen molar-refractivity contribution >= 4 is 5.91 Å². The molecule has 3 heterocycles. The van der Waals surface area contributed by atoms with Gasteiger partial charge in [0.15, 0.2) is 0 Å². The summed E-state index contributed by atoms with van der Waals surface area (Å²) < 4.78 is 5.77. The van der Waals surface area contributed by atoms with Crippen LogP contribution >= 0.6 is 0 Å². The van der Waals surface area contributed by atoms with Crippen molar-refractivity contribution in [3.05, 3.63) is 17.0 Å². The van der Waals surface area contributed by atoms with Crippen molar-refractivity contribution in [2.45, 2.75) is 57.7 Å². The van der Waals surface area contributed by atoms with Crippen LogP contribution in [0.25, 0.3) is 0 Å². The van der Waals surface area contributed by atoms with Crippen LogP contribution in [-0.4, -0.2) is 57.5 Å². The van der Waals surface area contributed by atoms with E-state index in [2.05, 4.69) is 10.2 Å². The molecule has 1 amide bonds. The molecule has 2 aliphatic heterocycles. The summed E-state index contributed by atoms with van der Waals surface area (Å²) in [6.45, 7) is 5.73. The van der Waals surface area contributed by atoms with Gasteiger partial charge in [-0.25, -0.2) is 0 Å². The predicted octanol–water partition coefficient (Wildman–Crippen LogP) is 1.10. The molecule has 0 aliphatic carbocycles. The number of hydrogen-bond donors (Lipinski definition) is 2. The van der Waals surface area contributed by atoms with Crippen LogP contribution in [0.3, 0.4) is 0 Å². The summed E-state index contributed by atoms with van der Waals surface area (Å²) in [7, 11) is 0. The highest BCUT2D eigenvalue weighted by molar-refractivity contribution is 5.76. The second kappa shape index (κ2) is 6.01. The number of aliphatic hydroxyl groups excluding tert-OH is 1. The topological polar surface area (TPSA) is 78.5 Å². The van der Waals surface area contributed by atoms with Crippen molar-refractivity contribution in [2.24, 2.45) is 0 Å². The Morgan fingerprint density at radius 2 is 2.32 bits per heavy atom. The molecule has 0 aromatic carbocycles. The summed E-state index contributed by atoms with van der Waals surface area (Å²) in [5.74, 6) is 0.104. The fourth-order valence-corrected chi connectivity index (χ4v) is 3.70. The normalized spacial score (nSPS) is 28.5. The smallest absolute Gasteiger partial charge is 0.222 e. The number of aliphatic hydroxyl groups is 1. The number of ether oxygens (including phenoxy) is 1. The van der Waals surface area contributed by atoms with E-state index in [1.54, 1.807) is 4.90 Å². The Kier molecular flexibility index (Phi) is 4.23. The maximum absolute atomic E-state index is 12.4. The van der Waals surface area contributed by atoms with Crippen LogP contribution < -0.4 is 0 Å². The zero-order valence-corrected chi connectivity index (χ0v) is 13.4. The number of carbonyl (C=O) groups excluding carboxylic acids is 1. The van der Waals surface area contributed by atoms with Gasteiger partial charge in [-0.3, -0.25) is 9.89 Å². The number of likely N-dealkylation sites (tertiary alicyclic amines) is 1. The number of H-pyrrole nitrogens is 1. The van der Waals surface area contributed by atoms with Crippen LogP contribution in [0.15, 0.2) is 0 Å². The molecule has 2 N–H and O–H groups in total. The number of β-amino-alcohol motifs (C(OH)–C–C–N with tert-alkyl or cyclic N) is 1. The second-order valence-corrected chi connectivity index (χ2v) is 6.53. The molecule has 2 saturated heterocycles. The largest absolute Gasteiger partial charge is 0.388 e. The Morgan fingerprint density at radius 1 is 1.50 bits per heavy atom. The first kappa shape index (κ1) is 15.5. The highest BCUT2D eigenvalue weighted by Gasteiger charge is 2.46. The lowest BCUT2D eigenvalue weighted by Crippen LogP contribution is -2.56. The maximum atomic E-state index is 12.4. The highest BCUT2D eigenvalue weighted by Crippen LogP contribution is 2.36. The first-order valence-corrected chi connectivity index (χ1v) is 8.12. The Morgan fingerprint density at radius 3 is 2.91 bits per heavy atom. The molecule has 1 aromatic heterocycles. The number of aryl methyl sites for hydroxylation is 2. The molecule has 2 fully saturated rings. The van der Waals surface area contributed by atoms with E-state index in [0.717, 1.165) is 42.8 Å². The van der Waals surface area contributed by atoms with Gasteiger partial charge < -0.3 is 14.7 Å². The number of hydrogen-bond acceptors (Lipinski definition) is 4. The van der Waals surface area contributed by atoms with Crippen molar-refractivity contribution in [1.82, 2.24) is 15.1 Å². The first-order chi connectivity index (χ1) is 10.5. The number of aromatic amines is 1. The molecule has 0 bridgehead atoms. The summed E-state index contributed by atoms with van der Waals surface area (Å²) in [6, 6.07) is 0. The maximum Gasteiger partial charge on any atom is 0.222 e. The van der Waals surface area contributed by atoms with Gasteiger partial charge in [-0.1, -0.05) is 0 Å². The van der Waals surface area contributed by atoms with Crippen molar-refractivity contribution in [1.29, 1.82) is 0 Å². The lowest BCUT2D eigenvalue weighted by Gasteiger charge is -2.42. The number of nitrogens with zero attached hydrogens (tertiary/aromatic N) is 2. The van der Waals surface area contributed by atoms with E-state index in [4.69, 9.17) is 4.74 Å². The average molecular weight is 307 g/mol. The molecular weight excluding hydrogens is 282 g/mol. The zero-order valence-electron chi connectivity index (χ0n) is 13.4. The van der Waals surface area contributed by atoms with Gasteiger partial charge in [0.2, 0.25) is 5.91 Å². The van der Waals surface area contributed by atoms with Crippen molar-refractivity contribution in [2.75, 3.05) is 19.7 Å². The minimum Gasteiger partial charge on any atom is -0.388 e. The van der Waals surface area contributed by atoms with Crippen molar-refractivity contribution in [3.63, 3.8) is 0 Å². The molecule has 0 saturated carbocycles. The SMILES string of the molecule is Cc1n[nH]c(C)c1CCC(=O)N1CC[C@@]2(CCCO2)[C@@H](O)C1. The minimum absolute atomic E-state index is 0.104. The summed E-state index contributed by atoms with van der Waals surface area (Å²) in [5.41, 5.74) is 2.72. The van der Waals surface area contributed by atoms with Crippen LogP contribution in [0, 0.1) is 13.8 Å². The molecule has 2 atom stereocenters. The van der Waals surface area contributed by atoms with Crippen LogP contribution in [0.5, 0.6) is 0 Å². The summed E-state index contributed by atoms with van der Waals surface area (Å²) >= 11 is 0. The van der Waals surface area contributed by atoms with Crippen molar-refractivity contribution in [3.8, 4) is 0 Å². The molecular formula is C16H25N3O3. The monoisotopic (exact) mass is 307 g/mol. The molecule has 6 heteroatoms. The van der Waals surface area contributed by atoms with Gasteiger partial charge in [0, 0.05) is 31.8 Å². The number of carbonyl (C=O) groups is 1. The lowest BCUT2D eigenvalue weighted by molar-refractivity contribution is -0.152. The number of nitrogens with one attached hydrogen (secondary N) is 1. The van der Waals surface area contributed by atoms with E-state index in [9.17, 15) is 9.90 Å². The Hall–Kier alpha value is -1.40. The van der Waals surface area contributed by atoms with E-state index >= 15 is 0 Å². The molecule has 0 radical (unpaired) electrons. The number of piperidine rings is 1. The zero-order chi connectivity index (χ0) is 15.7. The summed E-state index contributed by atoms with van der Waals surface area (Å²) in [5, 5.41) is 17.5. The molecule has 3 rings (SSSR count). The molecule has 122 valence electrons. The number of amides is 1. The lowest BCUT2D eigenvalue weighted by atomic mass is 9.86. The van der Waals surface area contributed by atoms with Gasteiger partial charge in [0.1, 0.15) is 6.10 Å². The van der Waals surface area contributed by atoms with Gasteiger partial charge in [-0.05, 0) is 45.1 Å². The number of rotatable bonds is 3. The Bertz CT molecular complexity index is 529. The highest BCUT2D eigenvalue weighted by atomic mass is 16.5. The van der Waals surface area contributed by atoms with Crippen LogP contribution in [0.2, 0.25) is 0 Å². The van der Waals surface area contributed by atoms with E-state index in [1.165, 1.54) is 0 Å². The first-order valence-electron chi connectivity index (χ1n) is 8.12. The second-order valence-electron chi connectivity index (χ2n) is 6.53. The third kappa shape index (κ3) is 2.77. The van der Waals surface area contributed by atoms with Crippen LogP contribution in [-0.2, 0) is 16.0 Å². The standard InChI is InChI=1S/C16H25N3O3/c1-11-13(12(2)18-17-11)4-5-15(21)19-8-7-16(14(20)10-19)6-3-9-22-16/h14,20H,3-10H2,1-2H3,(H,17,18)/t14-,16-/m0/s1. The molecule has 2 aliphatic rings. The van der Waals surface area contributed by atoms with Gasteiger partial charge in [-0.15, -0.1) is 0 Å². The molecule has 22 heavy (non-hydrogen) atoms. The van der Waals surface area contributed by atoms with E-state index < -0.39 is 11.7 Å². The van der Waals surface area contributed by atoms with E-state index in [1.807, 2.05) is 13.8 Å². The van der Waals surface area contributed by atoms with Crippen molar-refractivity contribution < 1.29 is 14.6 Å². The van der Waals surface area contributed by atoms with Crippen LogP contribution in [0.1, 0.15) is 42.6 Å². The number of aromatic nitrogens is 2. The van der Waals surface area contributed by atoms with Gasteiger partial charge in [0.05, 0.1) is 11.3 Å². The van der Waals surface area contributed by atoms with Gasteiger partial charge in [-0.2, -0.15) is 5.10 Å². The fourth-order valence-electron chi connectivity index (χ4n) is 3.70. The molecule has 6 nitrogen and oxygen atoms in total. The van der Waals surface area contributed by atoms with E-state index in [-0.39, 0.29) is 5.91 Å². The molecule has 1 spiro atoms.